The molecule has 0 atom stereocenters. The van der Waals surface area contributed by atoms with Gasteiger partial charge in [-0.05, 0) is 48.0 Å². The lowest BCUT2D eigenvalue weighted by Crippen LogP contribution is -2.31. The molecule has 1 amide bonds. The van der Waals surface area contributed by atoms with Crippen LogP contribution >= 0.6 is 22.9 Å². The zero-order valence-corrected chi connectivity index (χ0v) is 21.2. The van der Waals surface area contributed by atoms with E-state index in [0.717, 1.165) is 15.8 Å². The Balaban J connectivity index is 1.70. The summed E-state index contributed by atoms with van der Waals surface area (Å²) in [7, 11) is -3.60. The number of hydrogen-bond donors (Lipinski definition) is 0. The summed E-state index contributed by atoms with van der Waals surface area (Å²) in [6.07, 6.45) is 0. The lowest BCUT2D eigenvalue weighted by Gasteiger charge is -2.21. The summed E-state index contributed by atoms with van der Waals surface area (Å²) in [6, 6.07) is 21.2. The average Bonchev–Trinajstić information content (AvgIpc) is 3.26. The summed E-state index contributed by atoms with van der Waals surface area (Å²) < 4.78 is 27.9. The number of amides is 1. The van der Waals surface area contributed by atoms with Crippen molar-refractivity contribution in [3.8, 4) is 0 Å². The quantitative estimate of drug-likeness (QED) is 0.297. The number of sulfonamides is 1. The van der Waals surface area contributed by atoms with E-state index in [0.29, 0.717) is 35.4 Å². The van der Waals surface area contributed by atoms with Gasteiger partial charge in [0.2, 0.25) is 10.0 Å². The van der Waals surface area contributed by atoms with Crippen LogP contribution in [0.3, 0.4) is 0 Å². The van der Waals surface area contributed by atoms with E-state index in [1.165, 1.54) is 27.8 Å². The second-order valence-electron chi connectivity index (χ2n) is 7.60. The molecule has 0 aliphatic carbocycles. The molecule has 0 aliphatic heterocycles. The first-order valence-corrected chi connectivity index (χ1v) is 13.5. The lowest BCUT2D eigenvalue weighted by atomic mass is 10.1. The van der Waals surface area contributed by atoms with Gasteiger partial charge in [0.15, 0.2) is 5.13 Å². The molecule has 4 aromatic rings. The minimum atomic E-state index is -3.60. The number of fused-ring (bicyclic) bond motifs is 1. The molecule has 6 nitrogen and oxygen atoms in total. The molecule has 34 heavy (non-hydrogen) atoms. The van der Waals surface area contributed by atoms with Gasteiger partial charge in [-0.2, -0.15) is 4.31 Å². The number of carbonyl (C=O) groups is 1. The van der Waals surface area contributed by atoms with Crippen molar-refractivity contribution < 1.29 is 13.2 Å². The zero-order valence-electron chi connectivity index (χ0n) is 18.8. The second-order valence-corrected chi connectivity index (χ2v) is 11.0. The SMILES string of the molecule is CCN(CC)S(=O)(=O)c1ccc(C(=O)N(Cc2ccccc2)c2nc3ccc(Cl)cc3s2)cc1. The van der Waals surface area contributed by atoms with E-state index in [9.17, 15) is 13.2 Å². The molecule has 0 saturated heterocycles. The van der Waals surface area contributed by atoms with Crippen molar-refractivity contribution in [1.29, 1.82) is 0 Å². The highest BCUT2D eigenvalue weighted by molar-refractivity contribution is 7.89. The molecule has 176 valence electrons. The van der Waals surface area contributed by atoms with Crippen LogP contribution in [0.15, 0.2) is 77.7 Å². The Labute approximate surface area is 208 Å². The van der Waals surface area contributed by atoms with Crippen molar-refractivity contribution in [3.63, 3.8) is 0 Å². The smallest absolute Gasteiger partial charge is 0.260 e. The van der Waals surface area contributed by atoms with Crippen LogP contribution in [0.4, 0.5) is 5.13 Å². The number of hydrogen-bond acceptors (Lipinski definition) is 5. The van der Waals surface area contributed by atoms with E-state index in [1.54, 1.807) is 36.9 Å². The molecule has 0 N–H and O–H groups in total. The largest absolute Gasteiger partial charge is 0.279 e. The van der Waals surface area contributed by atoms with E-state index >= 15 is 0 Å². The first-order chi connectivity index (χ1) is 16.3. The van der Waals surface area contributed by atoms with Crippen LogP contribution in [0, 0.1) is 0 Å². The number of nitrogens with zero attached hydrogens (tertiary/aromatic N) is 3. The molecule has 0 spiro atoms. The predicted octanol–water partition coefficient (Wildman–Crippen LogP) is 5.83. The highest BCUT2D eigenvalue weighted by Gasteiger charge is 2.25. The molecule has 1 aromatic heterocycles. The van der Waals surface area contributed by atoms with Crippen LogP contribution in [-0.2, 0) is 16.6 Å². The van der Waals surface area contributed by atoms with Gasteiger partial charge in [-0.1, -0.05) is 67.1 Å². The third-order valence-electron chi connectivity index (χ3n) is 5.44. The zero-order chi connectivity index (χ0) is 24.3. The average molecular weight is 514 g/mol. The van der Waals surface area contributed by atoms with Crippen LogP contribution in [0.2, 0.25) is 5.02 Å². The van der Waals surface area contributed by atoms with Crippen LogP contribution in [0.5, 0.6) is 0 Å². The lowest BCUT2D eigenvalue weighted by molar-refractivity contribution is 0.0985. The van der Waals surface area contributed by atoms with Crippen molar-refractivity contribution in [3.05, 3.63) is 88.9 Å². The molecular formula is C25H24ClN3O3S2. The summed E-state index contributed by atoms with van der Waals surface area (Å²) in [6.45, 7) is 4.68. The number of benzene rings is 3. The summed E-state index contributed by atoms with van der Waals surface area (Å²) in [5, 5.41) is 1.15. The first-order valence-electron chi connectivity index (χ1n) is 10.9. The Kier molecular flexibility index (Phi) is 7.33. The number of anilines is 1. The highest BCUT2D eigenvalue weighted by atomic mass is 35.5. The Morgan fingerprint density at radius 1 is 0.971 bits per heavy atom. The number of carbonyl (C=O) groups excluding carboxylic acids is 1. The van der Waals surface area contributed by atoms with Gasteiger partial charge in [-0.15, -0.1) is 0 Å². The summed E-state index contributed by atoms with van der Waals surface area (Å²) in [5.74, 6) is -0.263. The van der Waals surface area contributed by atoms with Crippen molar-refractivity contribution in [2.45, 2.75) is 25.3 Å². The van der Waals surface area contributed by atoms with Gasteiger partial charge in [0, 0.05) is 23.7 Å². The van der Waals surface area contributed by atoms with E-state index in [-0.39, 0.29) is 10.8 Å². The molecule has 3 aromatic carbocycles. The minimum absolute atomic E-state index is 0.164. The summed E-state index contributed by atoms with van der Waals surface area (Å²) in [5.41, 5.74) is 2.09. The number of halogens is 1. The maximum atomic E-state index is 13.6. The Morgan fingerprint density at radius 3 is 2.29 bits per heavy atom. The van der Waals surface area contributed by atoms with Gasteiger partial charge >= 0.3 is 0 Å². The molecule has 0 fully saturated rings. The molecular weight excluding hydrogens is 490 g/mol. The topological polar surface area (TPSA) is 70.6 Å². The Bertz CT molecular complexity index is 1400. The molecule has 0 bridgehead atoms. The molecule has 0 aliphatic rings. The first kappa shape index (κ1) is 24.3. The van der Waals surface area contributed by atoms with Crippen LogP contribution in [0.25, 0.3) is 10.2 Å². The van der Waals surface area contributed by atoms with E-state index in [1.807, 2.05) is 42.5 Å². The third kappa shape index (κ3) is 5.00. The maximum Gasteiger partial charge on any atom is 0.260 e. The fraction of sp³-hybridized carbons (Fsp3) is 0.200. The molecule has 0 saturated carbocycles. The van der Waals surface area contributed by atoms with E-state index in [2.05, 4.69) is 4.98 Å². The number of thiazole rings is 1. The predicted molar refractivity (Wildman–Crippen MR) is 138 cm³/mol. The van der Waals surface area contributed by atoms with Crippen molar-refractivity contribution >= 4 is 54.2 Å². The Hall–Kier alpha value is -2.78. The van der Waals surface area contributed by atoms with Gasteiger partial charge in [0.1, 0.15) is 0 Å². The standard InChI is InChI=1S/C25H24ClN3O3S2/c1-3-28(4-2)34(31,32)21-13-10-19(11-14-21)24(30)29(17-18-8-6-5-7-9-18)25-27-22-15-12-20(26)16-23(22)33-25/h5-16H,3-4,17H2,1-2H3. The van der Waals surface area contributed by atoms with E-state index in [4.69, 9.17) is 11.6 Å². The maximum absolute atomic E-state index is 13.6. The molecule has 0 unspecified atom stereocenters. The van der Waals surface area contributed by atoms with Gasteiger partial charge in [-0.3, -0.25) is 9.69 Å². The van der Waals surface area contributed by atoms with E-state index < -0.39 is 10.0 Å². The monoisotopic (exact) mass is 513 g/mol. The molecule has 9 heteroatoms. The molecule has 1 heterocycles. The van der Waals surface area contributed by atoms with Crippen LogP contribution in [0.1, 0.15) is 29.8 Å². The van der Waals surface area contributed by atoms with Gasteiger partial charge in [0.05, 0.1) is 21.7 Å². The third-order valence-corrected chi connectivity index (χ3v) is 8.78. The van der Waals surface area contributed by atoms with Crippen molar-refractivity contribution in [2.75, 3.05) is 18.0 Å². The van der Waals surface area contributed by atoms with Crippen molar-refractivity contribution in [1.82, 2.24) is 9.29 Å². The number of rotatable bonds is 8. The fourth-order valence-corrected chi connectivity index (χ4v) is 6.33. The fourth-order valence-electron chi connectivity index (χ4n) is 3.63. The number of aromatic nitrogens is 1. The molecule has 4 rings (SSSR count). The summed E-state index contributed by atoms with van der Waals surface area (Å²) in [4.78, 5) is 20.0. The van der Waals surface area contributed by atoms with Gasteiger partial charge in [-0.25, -0.2) is 13.4 Å². The Morgan fingerprint density at radius 2 is 1.65 bits per heavy atom. The second kappa shape index (κ2) is 10.2. The van der Waals surface area contributed by atoms with Crippen molar-refractivity contribution in [2.24, 2.45) is 0 Å². The normalized spacial score (nSPS) is 11.8. The van der Waals surface area contributed by atoms with Gasteiger partial charge in [0.25, 0.3) is 5.91 Å². The molecule has 0 radical (unpaired) electrons. The van der Waals surface area contributed by atoms with Crippen LogP contribution in [-0.4, -0.2) is 36.7 Å². The highest BCUT2D eigenvalue weighted by Crippen LogP contribution is 2.32. The summed E-state index contributed by atoms with van der Waals surface area (Å²) >= 11 is 7.52. The minimum Gasteiger partial charge on any atom is -0.279 e. The van der Waals surface area contributed by atoms with Gasteiger partial charge < -0.3 is 0 Å². The van der Waals surface area contributed by atoms with Crippen LogP contribution < -0.4 is 4.90 Å².